The molecule has 1 N–H and O–H groups in total. The molecule has 2 aromatic rings. The van der Waals surface area contributed by atoms with Crippen molar-refractivity contribution in [1.29, 1.82) is 0 Å². The Morgan fingerprint density at radius 3 is 2.86 bits per heavy atom. The Hall–Kier alpha value is -1.89. The largest absolute Gasteiger partial charge is 0.488 e. The van der Waals surface area contributed by atoms with E-state index in [0.29, 0.717) is 19.2 Å². The van der Waals surface area contributed by atoms with E-state index in [0.717, 1.165) is 29.4 Å². The smallest absolute Gasteiger partial charge is 0.163 e. The maximum absolute atomic E-state index is 5.82. The Bertz CT molecular complexity index is 613. The normalized spacial score (nSPS) is 14.6. The first-order chi connectivity index (χ1) is 10.1. The zero-order valence-electron chi connectivity index (χ0n) is 12.8. The summed E-state index contributed by atoms with van der Waals surface area (Å²) in [4.78, 5) is 0. The van der Waals surface area contributed by atoms with Crippen LogP contribution in [0.15, 0.2) is 6.20 Å². The van der Waals surface area contributed by atoms with Gasteiger partial charge < -0.3 is 10.1 Å². The van der Waals surface area contributed by atoms with Gasteiger partial charge in [-0.25, -0.2) is 4.68 Å². The van der Waals surface area contributed by atoms with Gasteiger partial charge in [-0.2, -0.15) is 5.10 Å². The first-order valence-electron chi connectivity index (χ1n) is 7.39. The first kappa shape index (κ1) is 14.1. The van der Waals surface area contributed by atoms with Gasteiger partial charge in [0.05, 0.1) is 17.9 Å². The van der Waals surface area contributed by atoms with Gasteiger partial charge in [0.15, 0.2) is 5.75 Å². The van der Waals surface area contributed by atoms with Gasteiger partial charge in [-0.15, -0.1) is 5.10 Å². The fourth-order valence-corrected chi connectivity index (χ4v) is 2.27. The van der Waals surface area contributed by atoms with Gasteiger partial charge in [0.2, 0.25) is 0 Å². The molecular weight excluding hydrogens is 268 g/mol. The van der Waals surface area contributed by atoms with Crippen LogP contribution in [-0.2, 0) is 20.1 Å². The molecule has 114 valence electrons. The third-order valence-corrected chi connectivity index (χ3v) is 3.74. The summed E-state index contributed by atoms with van der Waals surface area (Å²) in [5.41, 5.74) is 2.94. The van der Waals surface area contributed by atoms with Crippen LogP contribution < -0.4 is 10.1 Å². The molecule has 1 saturated carbocycles. The van der Waals surface area contributed by atoms with Gasteiger partial charge in [0, 0.05) is 25.8 Å². The molecule has 3 rings (SSSR count). The lowest BCUT2D eigenvalue weighted by Crippen LogP contribution is -2.15. The molecule has 1 aliphatic rings. The lowest BCUT2D eigenvalue weighted by atomic mass is 10.3. The van der Waals surface area contributed by atoms with Crippen LogP contribution in [0.5, 0.6) is 5.75 Å². The molecule has 0 aliphatic heterocycles. The van der Waals surface area contributed by atoms with Gasteiger partial charge in [-0.3, -0.25) is 4.68 Å². The summed E-state index contributed by atoms with van der Waals surface area (Å²) in [7, 11) is 1.92. The summed E-state index contributed by atoms with van der Waals surface area (Å²) in [6, 6.07) is 0.690. The Morgan fingerprint density at radius 2 is 2.19 bits per heavy atom. The minimum Gasteiger partial charge on any atom is -0.488 e. The van der Waals surface area contributed by atoms with Crippen LogP contribution in [-0.4, -0.2) is 37.4 Å². The maximum Gasteiger partial charge on any atom is 0.163 e. The fraction of sp³-hybridized carbons (Fsp3) is 0.643. The molecule has 0 amide bonds. The number of hydrogen-bond donors (Lipinski definition) is 1. The molecule has 0 unspecified atom stereocenters. The second-order valence-corrected chi connectivity index (χ2v) is 5.60. The van der Waals surface area contributed by atoms with Crippen molar-refractivity contribution in [3.05, 3.63) is 23.3 Å². The highest BCUT2D eigenvalue weighted by molar-refractivity contribution is 5.31. The molecule has 0 spiro atoms. The molecule has 21 heavy (non-hydrogen) atoms. The number of nitrogens with zero attached hydrogens (tertiary/aromatic N) is 5. The van der Waals surface area contributed by atoms with Crippen molar-refractivity contribution in [3.8, 4) is 5.75 Å². The summed E-state index contributed by atoms with van der Waals surface area (Å²) in [6.45, 7) is 6.01. The molecule has 7 heteroatoms. The molecule has 0 radical (unpaired) electrons. The third-order valence-electron chi connectivity index (χ3n) is 3.74. The Balaban J connectivity index is 1.48. The summed E-state index contributed by atoms with van der Waals surface area (Å²) in [5, 5.41) is 16.0. The zero-order chi connectivity index (χ0) is 14.8. The predicted octanol–water partition coefficient (Wildman–Crippen LogP) is 0.959. The minimum atomic E-state index is 0.562. The summed E-state index contributed by atoms with van der Waals surface area (Å²) in [5.74, 6) is 0.869. The Morgan fingerprint density at radius 1 is 1.38 bits per heavy atom. The van der Waals surface area contributed by atoms with Gasteiger partial charge in [-0.1, -0.05) is 5.21 Å². The molecule has 0 atom stereocenters. The quantitative estimate of drug-likeness (QED) is 0.822. The number of ether oxygens (including phenoxy) is 1. The second-order valence-electron chi connectivity index (χ2n) is 5.60. The van der Waals surface area contributed by atoms with E-state index >= 15 is 0 Å². The van der Waals surface area contributed by atoms with E-state index < -0.39 is 0 Å². The van der Waals surface area contributed by atoms with E-state index in [9.17, 15) is 0 Å². The number of rotatable bonds is 7. The number of nitrogens with one attached hydrogen (secondary N) is 1. The lowest BCUT2D eigenvalue weighted by molar-refractivity contribution is 0.286. The van der Waals surface area contributed by atoms with Crippen LogP contribution in [0.2, 0.25) is 0 Å². The van der Waals surface area contributed by atoms with Crippen LogP contribution >= 0.6 is 0 Å². The zero-order valence-corrected chi connectivity index (χ0v) is 12.8. The highest BCUT2D eigenvalue weighted by Gasteiger charge is 2.20. The molecule has 0 aromatic carbocycles. The van der Waals surface area contributed by atoms with Crippen LogP contribution in [0.4, 0.5) is 0 Å². The predicted molar refractivity (Wildman–Crippen MR) is 78.1 cm³/mol. The average molecular weight is 290 g/mol. The van der Waals surface area contributed by atoms with Gasteiger partial charge in [-0.05, 0) is 26.7 Å². The second kappa shape index (κ2) is 5.85. The summed E-state index contributed by atoms with van der Waals surface area (Å²) < 4.78 is 9.48. The van der Waals surface area contributed by atoms with Crippen molar-refractivity contribution < 1.29 is 4.74 Å². The van der Waals surface area contributed by atoms with Gasteiger partial charge in [0.1, 0.15) is 12.3 Å². The molecular formula is C14H22N6O. The van der Waals surface area contributed by atoms with Crippen LogP contribution in [0, 0.1) is 13.8 Å². The van der Waals surface area contributed by atoms with Gasteiger partial charge >= 0.3 is 0 Å². The highest BCUT2D eigenvalue weighted by atomic mass is 16.5. The van der Waals surface area contributed by atoms with E-state index in [1.807, 2.05) is 36.5 Å². The summed E-state index contributed by atoms with van der Waals surface area (Å²) in [6.07, 6.45) is 4.54. The SMILES string of the molecule is Cc1nn(C)c(C)c1OCCn1cc(CNC2CC2)nn1. The first-order valence-corrected chi connectivity index (χ1v) is 7.39. The van der Waals surface area contributed by atoms with E-state index in [1.54, 1.807) is 0 Å². The minimum absolute atomic E-state index is 0.562. The third kappa shape index (κ3) is 3.41. The highest BCUT2D eigenvalue weighted by Crippen LogP contribution is 2.21. The molecule has 0 saturated heterocycles. The Kier molecular flexibility index (Phi) is 3.92. The van der Waals surface area contributed by atoms with Crippen molar-refractivity contribution in [2.24, 2.45) is 7.05 Å². The Labute approximate surface area is 124 Å². The standard InChI is InChI=1S/C14H22N6O/c1-10-14(11(2)19(3)17-10)21-7-6-20-9-13(16-18-20)8-15-12-4-5-12/h9,12,15H,4-8H2,1-3H3. The van der Waals surface area contributed by atoms with Crippen molar-refractivity contribution in [2.45, 2.75) is 45.8 Å². The number of aryl methyl sites for hydroxylation is 2. The topological polar surface area (TPSA) is 69.8 Å². The maximum atomic E-state index is 5.82. The fourth-order valence-electron chi connectivity index (χ4n) is 2.27. The van der Waals surface area contributed by atoms with E-state index in [2.05, 4.69) is 20.7 Å². The van der Waals surface area contributed by atoms with Gasteiger partial charge in [0.25, 0.3) is 0 Å². The van der Waals surface area contributed by atoms with Crippen LogP contribution in [0.25, 0.3) is 0 Å². The molecule has 1 fully saturated rings. The van der Waals surface area contributed by atoms with Crippen molar-refractivity contribution >= 4 is 0 Å². The molecule has 2 aromatic heterocycles. The van der Waals surface area contributed by atoms with Crippen LogP contribution in [0.3, 0.4) is 0 Å². The molecule has 2 heterocycles. The molecule has 7 nitrogen and oxygen atoms in total. The van der Waals surface area contributed by atoms with E-state index in [4.69, 9.17) is 4.74 Å². The lowest BCUT2D eigenvalue weighted by Gasteiger charge is -2.06. The summed E-state index contributed by atoms with van der Waals surface area (Å²) >= 11 is 0. The number of aromatic nitrogens is 5. The number of hydrogen-bond acceptors (Lipinski definition) is 5. The van der Waals surface area contributed by atoms with Crippen molar-refractivity contribution in [1.82, 2.24) is 30.1 Å². The van der Waals surface area contributed by atoms with Crippen molar-refractivity contribution in [2.75, 3.05) is 6.61 Å². The van der Waals surface area contributed by atoms with Crippen LogP contribution in [0.1, 0.15) is 29.9 Å². The van der Waals surface area contributed by atoms with E-state index in [-0.39, 0.29) is 0 Å². The van der Waals surface area contributed by atoms with Crippen molar-refractivity contribution in [3.63, 3.8) is 0 Å². The van der Waals surface area contributed by atoms with E-state index in [1.165, 1.54) is 12.8 Å². The average Bonchev–Trinajstić information content (AvgIpc) is 3.13. The molecule has 1 aliphatic carbocycles. The monoisotopic (exact) mass is 290 g/mol. The molecule has 0 bridgehead atoms.